The van der Waals surface area contributed by atoms with Gasteiger partial charge in [-0.15, -0.1) is 0 Å². The topological polar surface area (TPSA) is 64.6 Å². The number of ether oxygens (including phenoxy) is 2. The quantitative estimate of drug-likeness (QED) is 0.885. The van der Waals surface area contributed by atoms with Crippen molar-refractivity contribution in [2.24, 2.45) is 0 Å². The van der Waals surface area contributed by atoms with Gasteiger partial charge in [-0.05, 0) is 30.3 Å². The van der Waals surface area contributed by atoms with Gasteiger partial charge >= 0.3 is 5.97 Å². The lowest BCUT2D eigenvalue weighted by Gasteiger charge is -2.26. The van der Waals surface area contributed by atoms with Crippen molar-refractivity contribution in [3.63, 3.8) is 0 Å². The first-order chi connectivity index (χ1) is 11.2. The van der Waals surface area contributed by atoms with Crippen LogP contribution in [0, 0.1) is 0 Å². The Kier molecular flexibility index (Phi) is 4.28. The molecule has 118 valence electrons. The molecule has 3 rings (SSSR count). The number of esters is 1. The van der Waals surface area contributed by atoms with E-state index in [2.05, 4.69) is 10.1 Å². The Morgan fingerprint density at radius 3 is 2.52 bits per heavy atom. The minimum absolute atomic E-state index is 0.0762. The van der Waals surface area contributed by atoms with Gasteiger partial charge in [0, 0.05) is 17.5 Å². The van der Waals surface area contributed by atoms with E-state index in [0.717, 1.165) is 17.7 Å². The molecule has 5 nitrogen and oxygen atoms in total. The molecule has 1 N–H and O–H groups in total. The van der Waals surface area contributed by atoms with Crippen LogP contribution in [-0.2, 0) is 4.74 Å². The first kappa shape index (κ1) is 15.1. The minimum Gasteiger partial charge on any atom is -0.493 e. The molecule has 0 radical (unpaired) electrons. The van der Waals surface area contributed by atoms with E-state index in [4.69, 9.17) is 4.74 Å². The molecule has 1 heterocycles. The Morgan fingerprint density at radius 2 is 1.78 bits per heavy atom. The van der Waals surface area contributed by atoms with Crippen LogP contribution in [0.5, 0.6) is 5.75 Å². The molecule has 1 aliphatic rings. The summed E-state index contributed by atoms with van der Waals surface area (Å²) in [4.78, 5) is 23.8. The van der Waals surface area contributed by atoms with E-state index in [9.17, 15) is 9.59 Å². The second-order valence-corrected chi connectivity index (χ2v) is 5.27. The fourth-order valence-electron chi connectivity index (χ4n) is 2.61. The summed E-state index contributed by atoms with van der Waals surface area (Å²) < 4.78 is 10.2. The smallest absolute Gasteiger partial charge is 0.337 e. The normalized spacial score (nSPS) is 16.0. The average Bonchev–Trinajstić information content (AvgIpc) is 2.61. The number of hydrogen-bond donors (Lipinski definition) is 1. The van der Waals surface area contributed by atoms with E-state index in [1.165, 1.54) is 7.11 Å². The maximum Gasteiger partial charge on any atom is 0.337 e. The molecule has 0 saturated carbocycles. The zero-order valence-electron chi connectivity index (χ0n) is 12.7. The number of nitrogens with one attached hydrogen (secondary N) is 1. The zero-order chi connectivity index (χ0) is 16.2. The van der Waals surface area contributed by atoms with E-state index in [0.29, 0.717) is 17.7 Å². The monoisotopic (exact) mass is 311 g/mol. The minimum atomic E-state index is -0.421. The number of rotatable bonds is 3. The van der Waals surface area contributed by atoms with Gasteiger partial charge in [0.05, 0.1) is 25.3 Å². The molecular formula is C18H17NO4. The highest BCUT2D eigenvalue weighted by Gasteiger charge is 2.23. The number of hydrogen-bond acceptors (Lipinski definition) is 4. The first-order valence-electron chi connectivity index (χ1n) is 7.40. The van der Waals surface area contributed by atoms with E-state index in [1.807, 2.05) is 24.3 Å². The summed E-state index contributed by atoms with van der Waals surface area (Å²) in [5.41, 5.74) is 1.90. The summed E-state index contributed by atoms with van der Waals surface area (Å²) in [6.07, 6.45) is 0.725. The number of benzene rings is 2. The Morgan fingerprint density at radius 1 is 1.09 bits per heavy atom. The lowest BCUT2D eigenvalue weighted by molar-refractivity contribution is 0.0600. The lowest BCUT2D eigenvalue weighted by Crippen LogP contribution is -2.32. The van der Waals surface area contributed by atoms with E-state index in [1.54, 1.807) is 24.3 Å². The van der Waals surface area contributed by atoms with Crippen molar-refractivity contribution in [1.82, 2.24) is 5.32 Å². The van der Waals surface area contributed by atoms with Crippen LogP contribution in [0.15, 0.2) is 48.5 Å². The summed E-state index contributed by atoms with van der Waals surface area (Å²) >= 11 is 0. The Hall–Kier alpha value is -2.82. The second-order valence-electron chi connectivity index (χ2n) is 5.27. The molecule has 5 heteroatoms. The molecule has 1 aliphatic heterocycles. The molecule has 23 heavy (non-hydrogen) atoms. The fourth-order valence-corrected chi connectivity index (χ4v) is 2.61. The van der Waals surface area contributed by atoms with Gasteiger partial charge in [-0.2, -0.15) is 0 Å². The molecule has 0 bridgehead atoms. The fraction of sp³-hybridized carbons (Fsp3) is 0.222. The van der Waals surface area contributed by atoms with Gasteiger partial charge < -0.3 is 14.8 Å². The third-order valence-corrected chi connectivity index (χ3v) is 3.83. The van der Waals surface area contributed by atoms with Gasteiger partial charge in [0.25, 0.3) is 5.91 Å². The number of carbonyl (C=O) groups is 2. The standard InChI is InChI=1S/C18H17NO4/c1-22-18(21)13-8-6-12(7-9-13)17(20)19-15-10-11-23-16-5-3-2-4-14(15)16/h2-9,15H,10-11H2,1H3,(H,19,20)/t15-/m0/s1. The molecule has 0 aliphatic carbocycles. The first-order valence-corrected chi connectivity index (χ1v) is 7.40. The van der Waals surface area contributed by atoms with Gasteiger partial charge in [-0.3, -0.25) is 4.79 Å². The van der Waals surface area contributed by atoms with Gasteiger partial charge in [-0.25, -0.2) is 4.79 Å². The number of fused-ring (bicyclic) bond motifs is 1. The van der Waals surface area contributed by atoms with E-state index in [-0.39, 0.29) is 11.9 Å². The largest absolute Gasteiger partial charge is 0.493 e. The molecule has 0 fully saturated rings. The summed E-state index contributed by atoms with van der Waals surface area (Å²) in [7, 11) is 1.32. The lowest BCUT2D eigenvalue weighted by atomic mass is 10.00. The van der Waals surface area contributed by atoms with Crippen molar-refractivity contribution < 1.29 is 19.1 Å². The van der Waals surface area contributed by atoms with Crippen LogP contribution in [0.25, 0.3) is 0 Å². The third-order valence-electron chi connectivity index (χ3n) is 3.83. The molecule has 1 atom stereocenters. The van der Waals surface area contributed by atoms with Crippen LogP contribution < -0.4 is 10.1 Å². The van der Waals surface area contributed by atoms with Crippen LogP contribution in [0.3, 0.4) is 0 Å². The number of methoxy groups -OCH3 is 1. The highest BCUT2D eigenvalue weighted by atomic mass is 16.5. The SMILES string of the molecule is COC(=O)c1ccc(C(=O)N[C@H]2CCOc3ccccc32)cc1. The average molecular weight is 311 g/mol. The maximum absolute atomic E-state index is 12.4. The highest BCUT2D eigenvalue weighted by Crippen LogP contribution is 2.31. The Labute approximate surface area is 134 Å². The van der Waals surface area contributed by atoms with Crippen molar-refractivity contribution >= 4 is 11.9 Å². The number of amides is 1. The molecule has 0 saturated heterocycles. The predicted molar refractivity (Wildman–Crippen MR) is 84.5 cm³/mol. The van der Waals surface area contributed by atoms with Crippen LogP contribution in [0.4, 0.5) is 0 Å². The molecule has 0 unspecified atom stereocenters. The van der Waals surface area contributed by atoms with Gasteiger partial charge in [0.15, 0.2) is 0 Å². The molecule has 0 spiro atoms. The maximum atomic E-state index is 12.4. The van der Waals surface area contributed by atoms with Crippen LogP contribution in [0.1, 0.15) is 38.7 Å². The van der Waals surface area contributed by atoms with Crippen molar-refractivity contribution in [3.8, 4) is 5.75 Å². The van der Waals surface area contributed by atoms with E-state index >= 15 is 0 Å². The van der Waals surface area contributed by atoms with E-state index < -0.39 is 5.97 Å². The van der Waals surface area contributed by atoms with Gasteiger partial charge in [-0.1, -0.05) is 18.2 Å². The van der Waals surface area contributed by atoms with Gasteiger partial charge in [0.1, 0.15) is 5.75 Å². The number of carbonyl (C=O) groups excluding carboxylic acids is 2. The Bertz CT molecular complexity index is 724. The third kappa shape index (κ3) is 3.18. The van der Waals surface area contributed by atoms with Crippen molar-refractivity contribution in [2.75, 3.05) is 13.7 Å². The van der Waals surface area contributed by atoms with Crippen molar-refractivity contribution in [2.45, 2.75) is 12.5 Å². The highest BCUT2D eigenvalue weighted by molar-refractivity contribution is 5.96. The molecule has 1 amide bonds. The van der Waals surface area contributed by atoms with Crippen molar-refractivity contribution in [1.29, 1.82) is 0 Å². The molecule has 2 aromatic carbocycles. The number of para-hydroxylation sites is 1. The van der Waals surface area contributed by atoms with Gasteiger partial charge in [0.2, 0.25) is 0 Å². The Balaban J connectivity index is 1.74. The van der Waals surface area contributed by atoms with Crippen LogP contribution in [0.2, 0.25) is 0 Å². The zero-order valence-corrected chi connectivity index (χ0v) is 12.7. The molecular weight excluding hydrogens is 294 g/mol. The second kappa shape index (κ2) is 6.52. The van der Waals surface area contributed by atoms with Crippen LogP contribution >= 0.6 is 0 Å². The van der Waals surface area contributed by atoms with Crippen LogP contribution in [-0.4, -0.2) is 25.6 Å². The summed E-state index contributed by atoms with van der Waals surface area (Å²) in [5.74, 6) is 0.212. The molecule has 2 aromatic rings. The summed E-state index contributed by atoms with van der Waals surface area (Å²) in [5, 5.41) is 3.02. The predicted octanol–water partition coefficient (Wildman–Crippen LogP) is 2.73. The summed E-state index contributed by atoms with van der Waals surface area (Å²) in [6, 6.07) is 14.0. The molecule has 0 aromatic heterocycles. The summed E-state index contributed by atoms with van der Waals surface area (Å²) in [6.45, 7) is 0.573. The van der Waals surface area contributed by atoms with Crippen molar-refractivity contribution in [3.05, 3.63) is 65.2 Å².